The molecule has 0 aromatic heterocycles. The zero-order valence-corrected chi connectivity index (χ0v) is 0. The summed E-state index contributed by atoms with van der Waals surface area (Å²) in [6.45, 7) is 0. The Labute approximate surface area is 110 Å². The van der Waals surface area contributed by atoms with E-state index < -0.39 is 0 Å². The van der Waals surface area contributed by atoms with E-state index in [0.717, 1.165) is 0 Å². The average molecular weight is 99.3 g/mol. The molecule has 0 aliphatic heterocycles. The van der Waals surface area contributed by atoms with Crippen LogP contribution in [0.4, 0.5) is 0 Å². The molecule has 0 N–H and O–H groups in total. The molecule has 0 unspecified atom stereocenters. The fraction of sp³-hybridized carbons (Fsp3) is 0. The van der Waals surface area contributed by atoms with E-state index in [1.807, 2.05) is 0 Å². The molecule has 0 spiro atoms. The summed E-state index contributed by atoms with van der Waals surface area (Å²) in [7, 11) is 0. The number of rotatable bonds is 0. The van der Waals surface area contributed by atoms with Crippen LogP contribution in [0.1, 0.15) is 1.43 Å². The van der Waals surface area contributed by atoms with Gasteiger partial charge in [-0.3, -0.25) is 0 Å². The Morgan fingerprint density at radius 2 is 0.750 bits per heavy atom. The summed E-state index contributed by atoms with van der Waals surface area (Å²) in [5, 5.41) is 0. The van der Waals surface area contributed by atoms with Crippen molar-refractivity contribution in [1.29, 1.82) is 0 Å². The van der Waals surface area contributed by atoms with Crippen molar-refractivity contribution in [1.82, 2.24) is 0 Å². The van der Waals surface area contributed by atoms with Crippen molar-refractivity contribution in [2.24, 2.45) is 0 Å². The molecule has 0 aromatic rings. The Hall–Kier alpha value is 3.77. The first-order valence-corrected chi connectivity index (χ1v) is 0. The van der Waals surface area contributed by atoms with Gasteiger partial charge in [-0.2, -0.15) is 0 Å². The van der Waals surface area contributed by atoms with Crippen molar-refractivity contribution in [3.63, 3.8) is 0 Å². The molecule has 0 rings (SSSR count). The summed E-state index contributed by atoms with van der Waals surface area (Å²) in [5.41, 5.74) is 0. The topological polar surface area (TPSA) is 0 Å². The molecule has 0 atom stereocenters. The fourth-order valence-corrected chi connectivity index (χ4v) is 0. The van der Waals surface area contributed by atoms with Gasteiger partial charge in [-0.1, -0.05) is 0 Å². The molecular weight excluding hydrogens is 93.3 g/mol. The van der Waals surface area contributed by atoms with Crippen LogP contribution >= 0.6 is 0 Å². The quantitative estimate of drug-likeness (QED) is 0.289. The first kappa shape index (κ1) is 25.1. The van der Waals surface area contributed by atoms with Crippen molar-refractivity contribution in [3.8, 4) is 0 Å². The molecule has 4 heavy (non-hydrogen) atoms. The van der Waals surface area contributed by atoms with Gasteiger partial charge in [0.25, 0.3) is 0 Å². The van der Waals surface area contributed by atoms with Gasteiger partial charge < -0.3 is 0 Å². The molecule has 0 aliphatic rings. The summed E-state index contributed by atoms with van der Waals surface area (Å²) in [6.07, 6.45) is 0. The maximum absolute atomic E-state index is 0. The summed E-state index contributed by atoms with van der Waals surface area (Å²) in [5.74, 6) is 0. The molecule has 0 amide bonds. The number of hydrogen-bond acceptors (Lipinski definition) is 0. The van der Waals surface area contributed by atoms with Gasteiger partial charge in [0.05, 0.1) is 0 Å². The summed E-state index contributed by atoms with van der Waals surface area (Å²) in [6, 6.07) is 0. The van der Waals surface area contributed by atoms with Gasteiger partial charge in [0, 0.05) is 0 Å². The molecule has 0 radical (unpaired) electrons. The van der Waals surface area contributed by atoms with Crippen LogP contribution in [0.25, 0.3) is 0 Å². The van der Waals surface area contributed by atoms with Gasteiger partial charge in [0.2, 0.25) is 0 Å². The van der Waals surface area contributed by atoms with Gasteiger partial charge >= 0.3 is 113 Å². The van der Waals surface area contributed by atoms with Crippen molar-refractivity contribution in [3.05, 3.63) is 0 Å². The maximum atomic E-state index is 0. The van der Waals surface area contributed by atoms with Gasteiger partial charge in [-0.15, -0.1) is 0 Å². The summed E-state index contributed by atoms with van der Waals surface area (Å²) >= 11 is 0. The Kier molecular flexibility index (Phi) is 99.4. The number of hydrogen-bond donors (Lipinski definition) is 0. The van der Waals surface area contributed by atoms with E-state index >= 15 is 0 Å². The Morgan fingerprint density at radius 1 is 0.750 bits per heavy atom. The molecule has 0 aliphatic carbocycles. The molecule has 0 heterocycles. The van der Waals surface area contributed by atoms with Crippen LogP contribution in [0, 0.1) is 0 Å². The predicted molar refractivity (Wildman–Crippen MR) is 31.1 cm³/mol. The van der Waals surface area contributed by atoms with Crippen LogP contribution in [0.5, 0.6) is 0 Å². The summed E-state index contributed by atoms with van der Waals surface area (Å²) < 4.78 is 0. The van der Waals surface area contributed by atoms with E-state index in [-0.39, 0.29) is 113 Å². The molecule has 0 nitrogen and oxygen atoms in total. The van der Waals surface area contributed by atoms with E-state index in [9.17, 15) is 0 Å². The fourth-order valence-electron chi connectivity index (χ4n) is 0. The third kappa shape index (κ3) is 9.23. The third-order valence-electron chi connectivity index (χ3n) is 0. The van der Waals surface area contributed by atoms with Gasteiger partial charge in [-0.25, -0.2) is 0 Å². The molecule has 0 bridgehead atoms. The van der Waals surface area contributed by atoms with E-state index in [1.165, 1.54) is 0 Å². The standard InChI is InChI=1S/Mg.3Na.5H/p+1. The van der Waals surface area contributed by atoms with Gasteiger partial charge in [0.15, 0.2) is 0 Å². The van der Waals surface area contributed by atoms with Crippen molar-refractivity contribution >= 4 is 112 Å². The van der Waals surface area contributed by atoms with Crippen LogP contribution in [0.2, 0.25) is 0 Å². The minimum atomic E-state index is 0. The van der Waals surface area contributed by atoms with E-state index in [0.29, 0.717) is 0 Å². The SMILES string of the molecule is [H+].[MgH2].[NaH].[NaH].[NaH]. The second kappa shape index (κ2) is 15.9. The van der Waals surface area contributed by atoms with Crippen LogP contribution in [0.3, 0.4) is 0 Å². The van der Waals surface area contributed by atoms with Crippen molar-refractivity contribution in [2.75, 3.05) is 0 Å². The van der Waals surface area contributed by atoms with E-state index in [1.54, 1.807) is 0 Å². The predicted octanol–water partition coefficient (Wildman–Crippen LogP) is -2.75. The molecule has 0 fully saturated rings. The molecule has 4 heteroatoms. The zero-order chi connectivity index (χ0) is 0. The Morgan fingerprint density at radius 3 is 0.750 bits per heavy atom. The normalized spacial score (nSPS) is 0. The van der Waals surface area contributed by atoms with Crippen LogP contribution < -0.4 is 0 Å². The second-order valence-electron chi connectivity index (χ2n) is 0. The van der Waals surface area contributed by atoms with Gasteiger partial charge in [0.1, 0.15) is 0 Å². The molecule has 10 valence electrons. The molecule has 0 saturated carbocycles. The van der Waals surface area contributed by atoms with Crippen molar-refractivity contribution in [2.45, 2.75) is 0 Å². The average Bonchev–Trinajstić information content (AvgIpc) is 0. The Bertz CT molecular complexity index is 6.85. The summed E-state index contributed by atoms with van der Waals surface area (Å²) in [4.78, 5) is 0. The van der Waals surface area contributed by atoms with Crippen LogP contribution in [-0.2, 0) is 0 Å². The molecule has 0 aromatic carbocycles. The van der Waals surface area contributed by atoms with E-state index in [4.69, 9.17) is 0 Å². The first-order valence-electron chi connectivity index (χ1n) is 0. The zero-order valence-electron chi connectivity index (χ0n) is 1.00. The Balaban J connectivity index is 0. The van der Waals surface area contributed by atoms with Gasteiger partial charge in [-0.05, 0) is 0 Å². The van der Waals surface area contributed by atoms with Crippen LogP contribution in [0.15, 0.2) is 0 Å². The third-order valence-corrected chi connectivity index (χ3v) is 0. The molecular formula is H6MgNa3+. The van der Waals surface area contributed by atoms with E-state index in [2.05, 4.69) is 0 Å². The second-order valence-corrected chi connectivity index (χ2v) is 0. The monoisotopic (exact) mass is 99.0 g/mol. The van der Waals surface area contributed by atoms with Crippen LogP contribution in [-0.4, -0.2) is 112 Å². The first-order chi connectivity index (χ1) is 0. The van der Waals surface area contributed by atoms with Crippen molar-refractivity contribution < 1.29 is 1.43 Å². The minimum absolute atomic E-state index is 0. The molecule has 0 saturated heterocycles.